The third kappa shape index (κ3) is 16.1. The minimum Gasteiger partial charge on any atom is -0.481 e. The van der Waals surface area contributed by atoms with Gasteiger partial charge in [0.15, 0.2) is 0 Å². The lowest BCUT2D eigenvalue weighted by atomic mass is 9.95. The highest BCUT2D eigenvalue weighted by Crippen LogP contribution is 2.30. The molecule has 4 rings (SSSR count). The topological polar surface area (TPSA) is 157 Å². The SMILES string of the molecule is Cc1ccnc(NCCCC(=O)N[C@@H](CCOCCOCCOCCOCCC(C)C)C(=O)N[C@H](CC(=O)O)c2ccc(-c3cccc4ccccc34)cc2)c1. The van der Waals surface area contributed by atoms with Gasteiger partial charge in [0.2, 0.25) is 11.8 Å². The van der Waals surface area contributed by atoms with Gasteiger partial charge in [0, 0.05) is 32.4 Å². The van der Waals surface area contributed by atoms with Gasteiger partial charge < -0.3 is 40.0 Å². The first kappa shape index (κ1) is 43.8. The number of hydrogen-bond acceptors (Lipinski definition) is 9. The number of aryl methyl sites for hydroxylation is 1. The van der Waals surface area contributed by atoms with E-state index in [0.717, 1.165) is 46.3 Å². The second-order valence-corrected chi connectivity index (χ2v) is 14.1. The van der Waals surface area contributed by atoms with Gasteiger partial charge in [0.1, 0.15) is 11.9 Å². The molecule has 1 heterocycles. The number of carboxylic acids is 1. The Labute approximate surface area is 330 Å². The number of ether oxygens (including phenoxy) is 4. The molecule has 12 nitrogen and oxygen atoms in total. The smallest absolute Gasteiger partial charge is 0.305 e. The molecule has 0 fully saturated rings. The molecule has 0 aliphatic heterocycles. The summed E-state index contributed by atoms with van der Waals surface area (Å²) in [5.74, 6) is -0.509. The number of pyridine rings is 1. The molecule has 56 heavy (non-hydrogen) atoms. The van der Waals surface area contributed by atoms with Crippen LogP contribution in [0.1, 0.15) is 63.1 Å². The monoisotopic (exact) mass is 770 g/mol. The maximum atomic E-state index is 13.8. The van der Waals surface area contributed by atoms with E-state index in [1.165, 1.54) is 0 Å². The number of nitrogens with one attached hydrogen (secondary N) is 3. The molecule has 0 saturated carbocycles. The molecule has 0 aliphatic rings. The Morgan fingerprint density at radius 3 is 2.05 bits per heavy atom. The maximum absolute atomic E-state index is 13.8. The predicted molar refractivity (Wildman–Crippen MR) is 218 cm³/mol. The number of aliphatic carboxylic acids is 1. The minimum atomic E-state index is -1.06. The first-order valence-corrected chi connectivity index (χ1v) is 19.6. The molecule has 0 saturated heterocycles. The van der Waals surface area contributed by atoms with E-state index in [-0.39, 0.29) is 31.8 Å². The average molecular weight is 771 g/mol. The van der Waals surface area contributed by atoms with E-state index in [0.29, 0.717) is 64.1 Å². The van der Waals surface area contributed by atoms with E-state index in [4.69, 9.17) is 18.9 Å². The number of rotatable bonds is 27. The lowest BCUT2D eigenvalue weighted by Crippen LogP contribution is -2.48. The summed E-state index contributed by atoms with van der Waals surface area (Å²) in [5, 5.41) is 21.0. The molecule has 4 aromatic rings. The van der Waals surface area contributed by atoms with Gasteiger partial charge in [-0.05, 0) is 77.3 Å². The molecule has 302 valence electrons. The average Bonchev–Trinajstić information content (AvgIpc) is 3.18. The second-order valence-electron chi connectivity index (χ2n) is 14.1. The van der Waals surface area contributed by atoms with E-state index in [9.17, 15) is 19.5 Å². The number of carbonyl (C=O) groups is 3. The van der Waals surface area contributed by atoms with E-state index < -0.39 is 24.0 Å². The van der Waals surface area contributed by atoms with E-state index >= 15 is 0 Å². The molecule has 0 radical (unpaired) electrons. The van der Waals surface area contributed by atoms with Gasteiger partial charge in [0.25, 0.3) is 0 Å². The fraction of sp³-hybridized carbons (Fsp3) is 0.455. The summed E-state index contributed by atoms with van der Waals surface area (Å²) >= 11 is 0. The molecule has 2 atom stereocenters. The van der Waals surface area contributed by atoms with Gasteiger partial charge >= 0.3 is 5.97 Å². The molecule has 0 aliphatic carbocycles. The van der Waals surface area contributed by atoms with Crippen LogP contribution in [0.2, 0.25) is 0 Å². The van der Waals surface area contributed by atoms with E-state index in [1.54, 1.807) is 6.20 Å². The Morgan fingerprint density at radius 2 is 1.39 bits per heavy atom. The van der Waals surface area contributed by atoms with Crippen molar-refractivity contribution in [2.24, 2.45) is 5.92 Å². The number of anilines is 1. The van der Waals surface area contributed by atoms with Crippen molar-refractivity contribution >= 4 is 34.4 Å². The van der Waals surface area contributed by atoms with Crippen molar-refractivity contribution in [3.05, 3.63) is 96.2 Å². The third-order valence-corrected chi connectivity index (χ3v) is 9.07. The van der Waals surface area contributed by atoms with Crippen LogP contribution in [0.25, 0.3) is 21.9 Å². The Bertz CT molecular complexity index is 1780. The second kappa shape index (κ2) is 24.6. The van der Waals surface area contributed by atoms with Crippen molar-refractivity contribution < 1.29 is 38.4 Å². The van der Waals surface area contributed by atoms with Crippen molar-refractivity contribution in [1.82, 2.24) is 15.6 Å². The summed E-state index contributed by atoms with van der Waals surface area (Å²) in [6, 6.07) is 23.8. The third-order valence-electron chi connectivity index (χ3n) is 9.07. The van der Waals surface area contributed by atoms with Crippen LogP contribution >= 0.6 is 0 Å². The Kier molecular flexibility index (Phi) is 19.3. The summed E-state index contributed by atoms with van der Waals surface area (Å²) in [6.07, 6.45) is 3.30. The van der Waals surface area contributed by atoms with Gasteiger partial charge in [-0.1, -0.05) is 80.6 Å². The largest absolute Gasteiger partial charge is 0.481 e. The Morgan fingerprint density at radius 1 is 0.750 bits per heavy atom. The highest BCUT2D eigenvalue weighted by Gasteiger charge is 2.25. The van der Waals surface area contributed by atoms with Crippen LogP contribution < -0.4 is 16.0 Å². The van der Waals surface area contributed by atoms with Gasteiger partial charge in [-0.25, -0.2) is 4.98 Å². The molecule has 0 unspecified atom stereocenters. The normalized spacial score (nSPS) is 12.4. The lowest BCUT2D eigenvalue weighted by Gasteiger charge is -2.23. The van der Waals surface area contributed by atoms with Crippen LogP contribution in [0.3, 0.4) is 0 Å². The number of carboxylic acid groups (broad SMARTS) is 1. The van der Waals surface area contributed by atoms with Crippen molar-refractivity contribution in [2.45, 2.75) is 65.0 Å². The van der Waals surface area contributed by atoms with Gasteiger partial charge in [-0.2, -0.15) is 0 Å². The molecular formula is C44H58N4O8. The van der Waals surface area contributed by atoms with Crippen molar-refractivity contribution in [1.29, 1.82) is 0 Å². The number of nitrogens with zero attached hydrogens (tertiary/aromatic N) is 1. The highest BCUT2D eigenvalue weighted by molar-refractivity contribution is 5.96. The lowest BCUT2D eigenvalue weighted by molar-refractivity contribution is -0.138. The zero-order valence-corrected chi connectivity index (χ0v) is 33.0. The zero-order valence-electron chi connectivity index (χ0n) is 33.0. The molecule has 0 bridgehead atoms. The van der Waals surface area contributed by atoms with Crippen molar-refractivity contribution in [3.8, 4) is 11.1 Å². The van der Waals surface area contributed by atoms with Gasteiger partial charge in [-0.15, -0.1) is 0 Å². The van der Waals surface area contributed by atoms with Crippen molar-refractivity contribution in [2.75, 3.05) is 64.7 Å². The molecule has 1 aromatic heterocycles. The first-order valence-electron chi connectivity index (χ1n) is 19.6. The standard InChI is InChI=1S/C44H58N4O8/c1-32(2)18-22-53-24-26-55-28-29-56-27-25-54-23-19-39(47-42(49)12-7-20-45-41-30-33(3)17-21-46-41)44(52)48-40(31-43(50)51)36-15-13-35(14-16-36)38-11-6-9-34-8-4-5-10-37(34)38/h4-6,8-11,13-17,21,30,32,39-40H,7,12,18-20,22-29,31H2,1-3H3,(H,45,46)(H,47,49)(H,48,52)(H,50,51)/t39-,40+/m0/s1. The van der Waals surface area contributed by atoms with Crippen LogP contribution in [-0.4, -0.2) is 93.3 Å². The Hall–Kier alpha value is -4.88. The molecular weight excluding hydrogens is 713 g/mol. The van der Waals surface area contributed by atoms with Crippen molar-refractivity contribution in [3.63, 3.8) is 0 Å². The quantitative estimate of drug-likeness (QED) is 0.0480. The van der Waals surface area contributed by atoms with Gasteiger partial charge in [0.05, 0.1) is 52.1 Å². The number of benzene rings is 3. The zero-order chi connectivity index (χ0) is 40.0. The fourth-order valence-electron chi connectivity index (χ4n) is 5.99. The summed E-state index contributed by atoms with van der Waals surface area (Å²) in [5.41, 5.74) is 3.74. The van der Waals surface area contributed by atoms with E-state index in [2.05, 4.69) is 53.0 Å². The molecule has 4 N–H and O–H groups in total. The van der Waals surface area contributed by atoms with E-state index in [1.807, 2.05) is 67.6 Å². The number of fused-ring (bicyclic) bond motifs is 1. The fourth-order valence-corrected chi connectivity index (χ4v) is 5.99. The van der Waals surface area contributed by atoms with Crippen LogP contribution in [-0.2, 0) is 33.3 Å². The van der Waals surface area contributed by atoms with Crippen LogP contribution in [0, 0.1) is 12.8 Å². The maximum Gasteiger partial charge on any atom is 0.305 e. The molecule has 12 heteroatoms. The first-order chi connectivity index (χ1) is 27.2. The predicted octanol–water partition coefficient (Wildman–Crippen LogP) is 6.72. The summed E-state index contributed by atoms with van der Waals surface area (Å²) in [6.45, 7) is 10.3. The number of hydrogen-bond donors (Lipinski definition) is 4. The summed E-state index contributed by atoms with van der Waals surface area (Å²) in [4.78, 5) is 43.1. The minimum absolute atomic E-state index is 0.176. The number of amides is 2. The number of carbonyl (C=O) groups excluding carboxylic acids is 2. The summed E-state index contributed by atoms with van der Waals surface area (Å²) in [7, 11) is 0. The molecule has 2 amide bonds. The van der Waals surface area contributed by atoms with Crippen LogP contribution in [0.4, 0.5) is 5.82 Å². The van der Waals surface area contributed by atoms with Crippen LogP contribution in [0.5, 0.6) is 0 Å². The molecule has 0 spiro atoms. The Balaban J connectivity index is 1.30. The summed E-state index contributed by atoms with van der Waals surface area (Å²) < 4.78 is 22.4. The number of aromatic nitrogens is 1. The van der Waals surface area contributed by atoms with Crippen LogP contribution in [0.15, 0.2) is 85.1 Å². The van der Waals surface area contributed by atoms with Gasteiger partial charge in [-0.3, -0.25) is 14.4 Å². The molecule has 3 aromatic carbocycles. The highest BCUT2D eigenvalue weighted by atomic mass is 16.6.